The van der Waals surface area contributed by atoms with Gasteiger partial charge in [-0.3, -0.25) is 4.90 Å². The second-order valence-corrected chi connectivity index (χ2v) is 4.55. The normalized spacial score (nSPS) is 13.1. The van der Waals surface area contributed by atoms with E-state index in [2.05, 4.69) is 55.5 Å². The van der Waals surface area contributed by atoms with Crippen molar-refractivity contribution in [2.24, 2.45) is 0 Å². The maximum atomic E-state index is 2.39. The van der Waals surface area contributed by atoms with Gasteiger partial charge in [-0.15, -0.1) is 0 Å². The van der Waals surface area contributed by atoms with Gasteiger partial charge in [0.25, 0.3) is 0 Å². The van der Waals surface area contributed by atoms with E-state index in [4.69, 9.17) is 0 Å². The first kappa shape index (κ1) is 11.6. The topological polar surface area (TPSA) is 3.24 Å². The first-order valence-corrected chi connectivity index (χ1v) is 6.39. The summed E-state index contributed by atoms with van der Waals surface area (Å²) in [7, 11) is 2.19. The molecule has 0 amide bonds. The Morgan fingerprint density at radius 2 is 1.93 bits per heavy atom. The predicted molar refractivity (Wildman–Crippen MR) is 65.9 cm³/mol. The summed E-state index contributed by atoms with van der Waals surface area (Å²) in [6.45, 7) is 3.41. The van der Waals surface area contributed by atoms with Crippen LogP contribution < -0.4 is 0 Å². The number of nitrogens with zero attached hydrogens (tertiary/aromatic N) is 1. The maximum absolute atomic E-state index is 2.39. The Labute approximate surface area is 91.5 Å². The van der Waals surface area contributed by atoms with Crippen molar-refractivity contribution in [3.63, 3.8) is 0 Å². The lowest BCUT2D eigenvalue weighted by atomic mass is 10.1. The van der Waals surface area contributed by atoms with Gasteiger partial charge in [-0.1, -0.05) is 30.3 Å². The minimum atomic E-state index is 0.517. The fourth-order valence-electron chi connectivity index (χ4n) is 1.41. The van der Waals surface area contributed by atoms with E-state index in [0.29, 0.717) is 6.04 Å². The van der Waals surface area contributed by atoms with E-state index < -0.39 is 0 Å². The highest BCUT2D eigenvalue weighted by atomic mass is 32.2. The zero-order chi connectivity index (χ0) is 10.4. The summed E-state index contributed by atoms with van der Waals surface area (Å²) < 4.78 is 0. The molecule has 0 heterocycles. The molecule has 0 aliphatic carbocycles. The Kier molecular flexibility index (Phi) is 5.05. The molecule has 0 aliphatic rings. The van der Waals surface area contributed by atoms with Crippen LogP contribution in [0.5, 0.6) is 0 Å². The molecule has 1 atom stereocenters. The summed E-state index contributed by atoms with van der Waals surface area (Å²) in [5, 5.41) is 0. The molecule has 1 aromatic rings. The van der Waals surface area contributed by atoms with Crippen molar-refractivity contribution in [1.82, 2.24) is 4.90 Å². The molecule has 2 heteroatoms. The molecule has 0 bridgehead atoms. The lowest BCUT2D eigenvalue weighted by Gasteiger charge is -2.24. The Bertz CT molecular complexity index is 248. The van der Waals surface area contributed by atoms with Gasteiger partial charge in [-0.05, 0) is 25.8 Å². The van der Waals surface area contributed by atoms with Crippen LogP contribution in [0.3, 0.4) is 0 Å². The molecule has 0 aromatic heterocycles. The Balaban J connectivity index is 2.52. The number of thioether (sulfide) groups is 1. The third-order valence-corrected chi connectivity index (χ3v) is 3.18. The van der Waals surface area contributed by atoms with Gasteiger partial charge in [0, 0.05) is 18.3 Å². The summed E-state index contributed by atoms with van der Waals surface area (Å²) >= 11 is 1.90. The van der Waals surface area contributed by atoms with Crippen molar-refractivity contribution in [2.45, 2.75) is 13.0 Å². The molecular formula is C12H19NS. The smallest absolute Gasteiger partial charge is 0.0317 e. The molecule has 1 aromatic carbocycles. The molecule has 0 spiro atoms. The van der Waals surface area contributed by atoms with Crippen LogP contribution in [0.4, 0.5) is 0 Å². The molecule has 0 fully saturated rings. The Morgan fingerprint density at radius 3 is 2.50 bits per heavy atom. The van der Waals surface area contributed by atoms with Gasteiger partial charge in [0.1, 0.15) is 0 Å². The SMILES string of the molecule is CSCCN(C)C(C)c1ccccc1. The summed E-state index contributed by atoms with van der Waals surface area (Å²) in [5.74, 6) is 1.20. The van der Waals surface area contributed by atoms with Crippen LogP contribution >= 0.6 is 11.8 Å². The van der Waals surface area contributed by atoms with E-state index in [9.17, 15) is 0 Å². The van der Waals surface area contributed by atoms with Crippen molar-refractivity contribution in [2.75, 3.05) is 25.6 Å². The minimum absolute atomic E-state index is 0.517. The molecule has 1 nitrogen and oxygen atoms in total. The van der Waals surface area contributed by atoms with Gasteiger partial charge in [0.2, 0.25) is 0 Å². The van der Waals surface area contributed by atoms with Crippen molar-refractivity contribution in [3.05, 3.63) is 35.9 Å². The van der Waals surface area contributed by atoms with Gasteiger partial charge in [0.05, 0.1) is 0 Å². The van der Waals surface area contributed by atoms with E-state index >= 15 is 0 Å². The molecule has 0 saturated heterocycles. The average molecular weight is 209 g/mol. The number of rotatable bonds is 5. The number of benzene rings is 1. The lowest BCUT2D eigenvalue weighted by molar-refractivity contribution is 0.278. The first-order chi connectivity index (χ1) is 6.75. The third-order valence-electron chi connectivity index (χ3n) is 2.59. The maximum Gasteiger partial charge on any atom is 0.0317 e. The third kappa shape index (κ3) is 3.35. The van der Waals surface area contributed by atoms with Crippen molar-refractivity contribution < 1.29 is 0 Å². The van der Waals surface area contributed by atoms with E-state index in [0.717, 1.165) is 6.54 Å². The zero-order valence-corrected chi connectivity index (χ0v) is 10.1. The molecule has 14 heavy (non-hydrogen) atoms. The van der Waals surface area contributed by atoms with Gasteiger partial charge in [0.15, 0.2) is 0 Å². The fraction of sp³-hybridized carbons (Fsp3) is 0.500. The van der Waals surface area contributed by atoms with Crippen LogP contribution in [0.15, 0.2) is 30.3 Å². The van der Waals surface area contributed by atoms with Crippen LogP contribution in [-0.4, -0.2) is 30.5 Å². The van der Waals surface area contributed by atoms with Crippen LogP contribution in [0.25, 0.3) is 0 Å². The zero-order valence-electron chi connectivity index (χ0n) is 9.23. The largest absolute Gasteiger partial charge is 0.299 e. The van der Waals surface area contributed by atoms with Crippen molar-refractivity contribution in [1.29, 1.82) is 0 Å². The summed E-state index contributed by atoms with van der Waals surface area (Å²) in [6.07, 6.45) is 2.15. The average Bonchev–Trinajstić information content (AvgIpc) is 2.26. The monoisotopic (exact) mass is 209 g/mol. The number of hydrogen-bond acceptors (Lipinski definition) is 2. The van der Waals surface area contributed by atoms with Gasteiger partial charge < -0.3 is 0 Å². The second-order valence-electron chi connectivity index (χ2n) is 3.56. The predicted octanol–water partition coefficient (Wildman–Crippen LogP) is 3.04. The molecular weight excluding hydrogens is 190 g/mol. The van der Waals surface area contributed by atoms with Crippen molar-refractivity contribution >= 4 is 11.8 Å². The fourth-order valence-corrected chi connectivity index (χ4v) is 1.89. The molecule has 0 radical (unpaired) electrons. The van der Waals surface area contributed by atoms with Crippen LogP contribution in [0.2, 0.25) is 0 Å². The van der Waals surface area contributed by atoms with Crippen LogP contribution in [0, 0.1) is 0 Å². The highest BCUT2D eigenvalue weighted by molar-refractivity contribution is 7.98. The number of hydrogen-bond donors (Lipinski definition) is 0. The molecule has 78 valence electrons. The van der Waals surface area contributed by atoms with Gasteiger partial charge in [-0.25, -0.2) is 0 Å². The van der Waals surface area contributed by atoms with Crippen LogP contribution in [-0.2, 0) is 0 Å². The molecule has 1 rings (SSSR count). The Morgan fingerprint density at radius 1 is 1.29 bits per heavy atom. The van der Waals surface area contributed by atoms with E-state index in [1.165, 1.54) is 11.3 Å². The summed E-state index contributed by atoms with van der Waals surface area (Å²) in [4.78, 5) is 2.39. The van der Waals surface area contributed by atoms with Gasteiger partial charge >= 0.3 is 0 Å². The van der Waals surface area contributed by atoms with Crippen LogP contribution in [0.1, 0.15) is 18.5 Å². The first-order valence-electron chi connectivity index (χ1n) is 5.00. The highest BCUT2D eigenvalue weighted by Crippen LogP contribution is 2.17. The molecule has 1 unspecified atom stereocenters. The standard InChI is InChI=1S/C12H19NS/c1-11(13(2)9-10-14-3)12-7-5-4-6-8-12/h4-8,11H,9-10H2,1-3H3. The minimum Gasteiger partial charge on any atom is -0.299 e. The van der Waals surface area contributed by atoms with E-state index in [1.807, 2.05) is 11.8 Å². The van der Waals surface area contributed by atoms with E-state index in [-0.39, 0.29) is 0 Å². The molecule has 0 N–H and O–H groups in total. The quantitative estimate of drug-likeness (QED) is 0.733. The molecule has 0 aliphatic heterocycles. The highest BCUT2D eigenvalue weighted by Gasteiger charge is 2.09. The second kappa shape index (κ2) is 6.10. The van der Waals surface area contributed by atoms with E-state index in [1.54, 1.807) is 0 Å². The van der Waals surface area contributed by atoms with Gasteiger partial charge in [-0.2, -0.15) is 11.8 Å². The van der Waals surface area contributed by atoms with Crippen molar-refractivity contribution in [3.8, 4) is 0 Å². The summed E-state index contributed by atoms with van der Waals surface area (Å²) in [6, 6.07) is 11.2. The Hall–Kier alpha value is -0.470. The molecule has 0 saturated carbocycles. The summed E-state index contributed by atoms with van der Waals surface area (Å²) in [5.41, 5.74) is 1.40. The lowest BCUT2D eigenvalue weighted by Crippen LogP contribution is -2.24.